The fraction of sp³-hybridized carbons (Fsp3) is 0.316. The molecule has 0 spiro atoms. The minimum Gasteiger partial charge on any atom is -0.370 e. The second-order valence-electron chi connectivity index (χ2n) is 6.36. The van der Waals surface area contributed by atoms with Crippen LogP contribution in [0.2, 0.25) is 5.02 Å². The van der Waals surface area contributed by atoms with Crippen molar-refractivity contribution in [3.63, 3.8) is 0 Å². The van der Waals surface area contributed by atoms with Gasteiger partial charge in [0.25, 0.3) is 0 Å². The molecule has 1 heterocycles. The van der Waals surface area contributed by atoms with Gasteiger partial charge in [-0.05, 0) is 23.8 Å². The highest BCUT2D eigenvalue weighted by Gasteiger charge is 2.29. The van der Waals surface area contributed by atoms with Crippen molar-refractivity contribution in [1.82, 2.24) is 4.90 Å². The second-order valence-corrected chi connectivity index (χ2v) is 8.70. The van der Waals surface area contributed by atoms with E-state index in [1.54, 1.807) is 23.1 Å². The molecule has 1 fully saturated rings. The van der Waals surface area contributed by atoms with E-state index in [-0.39, 0.29) is 18.6 Å². The molecule has 27 heavy (non-hydrogen) atoms. The number of carbonyl (C=O) groups is 1. The van der Waals surface area contributed by atoms with Gasteiger partial charge < -0.3 is 9.64 Å². The molecule has 0 radical (unpaired) electrons. The van der Waals surface area contributed by atoms with Gasteiger partial charge >= 0.3 is 0 Å². The van der Waals surface area contributed by atoms with Crippen LogP contribution in [0.4, 0.5) is 5.69 Å². The minimum atomic E-state index is -3.64. The van der Waals surface area contributed by atoms with E-state index in [1.807, 2.05) is 30.3 Å². The van der Waals surface area contributed by atoms with Crippen LogP contribution in [-0.2, 0) is 19.6 Å². The Morgan fingerprint density at radius 3 is 2.63 bits per heavy atom. The van der Waals surface area contributed by atoms with E-state index in [4.69, 9.17) is 16.3 Å². The number of sulfonamides is 1. The third-order valence-electron chi connectivity index (χ3n) is 4.37. The van der Waals surface area contributed by atoms with Crippen molar-refractivity contribution in [3.05, 3.63) is 65.2 Å². The van der Waals surface area contributed by atoms with Crippen molar-refractivity contribution < 1.29 is 17.9 Å². The summed E-state index contributed by atoms with van der Waals surface area (Å²) in [5.41, 5.74) is 1.36. The molecule has 0 aromatic heterocycles. The van der Waals surface area contributed by atoms with Crippen LogP contribution in [0.1, 0.15) is 11.7 Å². The number of morpholine rings is 1. The quantitative estimate of drug-likeness (QED) is 0.762. The van der Waals surface area contributed by atoms with Crippen molar-refractivity contribution in [2.24, 2.45) is 0 Å². The molecule has 6 nitrogen and oxygen atoms in total. The Morgan fingerprint density at radius 1 is 1.22 bits per heavy atom. The van der Waals surface area contributed by atoms with Gasteiger partial charge in [0.15, 0.2) is 0 Å². The van der Waals surface area contributed by atoms with Crippen LogP contribution in [0.25, 0.3) is 0 Å². The highest BCUT2D eigenvalue weighted by atomic mass is 35.5. The van der Waals surface area contributed by atoms with Crippen molar-refractivity contribution in [2.45, 2.75) is 6.10 Å². The fourth-order valence-corrected chi connectivity index (χ4v) is 4.03. The second kappa shape index (κ2) is 8.29. The van der Waals surface area contributed by atoms with E-state index in [0.29, 0.717) is 30.4 Å². The normalized spacial score (nSPS) is 17.6. The van der Waals surface area contributed by atoms with Crippen LogP contribution in [0.15, 0.2) is 54.6 Å². The van der Waals surface area contributed by atoms with Crippen LogP contribution in [0.3, 0.4) is 0 Å². The lowest BCUT2D eigenvalue weighted by molar-refractivity contribution is -0.137. The first-order chi connectivity index (χ1) is 12.8. The Kier molecular flexibility index (Phi) is 6.04. The number of hydrogen-bond acceptors (Lipinski definition) is 4. The number of anilines is 1. The standard InChI is InChI=1S/C19H21ClN2O4S/c1-27(24,25)22(17-9-5-8-16(20)12-17)14-19(23)21-10-11-26-18(13-21)15-6-3-2-4-7-15/h2-9,12,18H,10-11,13-14H2,1H3. The maximum atomic E-state index is 12.8. The molecule has 1 amide bonds. The molecule has 1 saturated heterocycles. The highest BCUT2D eigenvalue weighted by molar-refractivity contribution is 7.92. The molecule has 2 aromatic carbocycles. The largest absolute Gasteiger partial charge is 0.370 e. The molecule has 0 aliphatic carbocycles. The lowest BCUT2D eigenvalue weighted by Crippen LogP contribution is -2.47. The van der Waals surface area contributed by atoms with E-state index < -0.39 is 10.0 Å². The molecule has 144 valence electrons. The lowest BCUT2D eigenvalue weighted by atomic mass is 10.1. The average molecular weight is 409 g/mol. The number of carbonyl (C=O) groups excluding carboxylic acids is 1. The van der Waals surface area contributed by atoms with Crippen molar-refractivity contribution in [2.75, 3.05) is 36.8 Å². The van der Waals surface area contributed by atoms with E-state index in [9.17, 15) is 13.2 Å². The minimum absolute atomic E-state index is 0.221. The van der Waals surface area contributed by atoms with Gasteiger partial charge in [-0.15, -0.1) is 0 Å². The predicted octanol–water partition coefficient (Wildman–Crippen LogP) is 2.71. The van der Waals surface area contributed by atoms with Crippen LogP contribution < -0.4 is 4.31 Å². The Morgan fingerprint density at radius 2 is 1.96 bits per heavy atom. The third-order valence-corrected chi connectivity index (χ3v) is 5.74. The zero-order valence-corrected chi connectivity index (χ0v) is 16.5. The van der Waals surface area contributed by atoms with Crippen molar-refractivity contribution >= 4 is 33.2 Å². The maximum Gasteiger partial charge on any atom is 0.243 e. The van der Waals surface area contributed by atoms with Gasteiger partial charge in [0.05, 0.1) is 25.1 Å². The molecule has 1 unspecified atom stereocenters. The summed E-state index contributed by atoms with van der Waals surface area (Å²) in [6.07, 6.45) is 0.856. The van der Waals surface area contributed by atoms with Gasteiger partial charge in [-0.3, -0.25) is 9.10 Å². The Hall–Kier alpha value is -2.09. The number of halogens is 1. The number of benzene rings is 2. The smallest absolute Gasteiger partial charge is 0.243 e. The van der Waals surface area contributed by atoms with Crippen LogP contribution in [0.5, 0.6) is 0 Å². The Labute approximate surface area is 164 Å². The Bertz CT molecular complexity index is 905. The zero-order chi connectivity index (χ0) is 19.4. The SMILES string of the molecule is CS(=O)(=O)N(CC(=O)N1CCOC(c2ccccc2)C1)c1cccc(Cl)c1. The summed E-state index contributed by atoms with van der Waals surface area (Å²) >= 11 is 5.98. The van der Waals surface area contributed by atoms with Gasteiger partial charge in [-0.2, -0.15) is 0 Å². The zero-order valence-electron chi connectivity index (χ0n) is 14.9. The van der Waals surface area contributed by atoms with E-state index in [2.05, 4.69) is 0 Å². The molecule has 0 saturated carbocycles. The Balaban J connectivity index is 1.75. The van der Waals surface area contributed by atoms with Crippen molar-refractivity contribution in [3.8, 4) is 0 Å². The molecular weight excluding hydrogens is 388 g/mol. The number of rotatable bonds is 5. The van der Waals surface area contributed by atoms with E-state index >= 15 is 0 Å². The summed E-state index contributed by atoms with van der Waals surface area (Å²) in [6.45, 7) is 0.938. The summed E-state index contributed by atoms with van der Waals surface area (Å²) in [5, 5.41) is 0.407. The summed E-state index contributed by atoms with van der Waals surface area (Å²) in [4.78, 5) is 14.5. The topological polar surface area (TPSA) is 66.9 Å². The van der Waals surface area contributed by atoms with Gasteiger partial charge in [-0.25, -0.2) is 8.42 Å². The van der Waals surface area contributed by atoms with Gasteiger partial charge in [0.1, 0.15) is 12.6 Å². The summed E-state index contributed by atoms with van der Waals surface area (Å²) in [7, 11) is -3.64. The summed E-state index contributed by atoms with van der Waals surface area (Å²) in [5.74, 6) is -0.273. The third kappa shape index (κ3) is 5.00. The monoisotopic (exact) mass is 408 g/mol. The molecule has 3 rings (SSSR count). The lowest BCUT2D eigenvalue weighted by Gasteiger charge is -2.34. The number of hydrogen-bond donors (Lipinski definition) is 0. The van der Waals surface area contributed by atoms with Crippen molar-refractivity contribution in [1.29, 1.82) is 0 Å². The fourth-order valence-electron chi connectivity index (χ4n) is 3.00. The van der Waals surface area contributed by atoms with E-state index in [0.717, 1.165) is 16.1 Å². The average Bonchev–Trinajstić information content (AvgIpc) is 2.66. The summed E-state index contributed by atoms with van der Waals surface area (Å²) < 4.78 is 31.3. The summed E-state index contributed by atoms with van der Waals surface area (Å²) in [6, 6.07) is 16.1. The van der Waals surface area contributed by atoms with Crippen LogP contribution >= 0.6 is 11.6 Å². The predicted molar refractivity (Wildman–Crippen MR) is 105 cm³/mol. The molecule has 1 aliphatic heterocycles. The van der Waals surface area contributed by atoms with Gasteiger partial charge in [0, 0.05) is 11.6 Å². The number of amides is 1. The van der Waals surface area contributed by atoms with Crippen LogP contribution in [0, 0.1) is 0 Å². The first-order valence-corrected chi connectivity index (χ1v) is 10.7. The first-order valence-electron chi connectivity index (χ1n) is 8.52. The molecule has 1 atom stereocenters. The highest BCUT2D eigenvalue weighted by Crippen LogP contribution is 2.24. The molecule has 0 N–H and O–H groups in total. The number of nitrogens with zero attached hydrogens (tertiary/aromatic N) is 2. The first kappa shape index (κ1) is 19.7. The molecule has 0 bridgehead atoms. The van der Waals surface area contributed by atoms with E-state index in [1.165, 1.54) is 6.07 Å². The van der Waals surface area contributed by atoms with Crippen LogP contribution in [-0.4, -0.2) is 51.7 Å². The molecule has 1 aliphatic rings. The molecular formula is C19H21ClN2O4S. The maximum absolute atomic E-state index is 12.8. The van der Waals surface area contributed by atoms with Gasteiger partial charge in [-0.1, -0.05) is 48.0 Å². The number of ether oxygens (including phenoxy) is 1. The molecule has 8 heteroatoms. The molecule has 2 aromatic rings. The van der Waals surface area contributed by atoms with Gasteiger partial charge in [0.2, 0.25) is 15.9 Å².